The Hall–Kier alpha value is -4.60. The number of para-hydroxylation sites is 2. The number of aromatic nitrogens is 3. The number of hydrogen-bond acceptors (Lipinski definition) is 7. The molecule has 1 atom stereocenters. The van der Waals surface area contributed by atoms with Crippen LogP contribution in [0.2, 0.25) is 0 Å². The Morgan fingerprint density at radius 1 is 0.975 bits per heavy atom. The van der Waals surface area contributed by atoms with Gasteiger partial charge in [0.25, 0.3) is 0 Å². The Morgan fingerprint density at radius 2 is 1.73 bits per heavy atom. The summed E-state index contributed by atoms with van der Waals surface area (Å²) in [5.74, 6) is 0.563. The molecule has 0 radical (unpaired) electrons. The number of amides is 2. The van der Waals surface area contributed by atoms with Gasteiger partial charge in [0.2, 0.25) is 11.8 Å². The molecule has 3 aromatic carbocycles. The van der Waals surface area contributed by atoms with Crippen molar-refractivity contribution in [3.05, 3.63) is 72.3 Å². The highest BCUT2D eigenvalue weighted by Crippen LogP contribution is 2.40. The number of nitrogens with one attached hydrogen (secondary N) is 1. The number of anilines is 1. The lowest BCUT2D eigenvalue weighted by molar-refractivity contribution is -0.128. The molecule has 1 heterocycles. The zero-order chi connectivity index (χ0) is 28.9. The van der Waals surface area contributed by atoms with Gasteiger partial charge < -0.3 is 19.5 Å². The largest absolute Gasteiger partial charge is 0.497 e. The summed E-state index contributed by atoms with van der Waals surface area (Å²) in [5.41, 5.74) is 1.76. The standard InChI is InChI=1S/C30H35N5O5/c1-7-30(2,3)31-29(37)27(22-14-11-17-25(39-5)28(22)40-6)35(20-12-10-13-21(18-20)38-4)26(36)19-34-24-16-9-8-15-23(24)32-33-34/h8-18,27H,7,19H2,1-6H3,(H,31,37)/t27-/m0/s1. The van der Waals surface area contributed by atoms with Gasteiger partial charge in [-0.15, -0.1) is 5.10 Å². The van der Waals surface area contributed by atoms with Gasteiger partial charge in [-0.1, -0.05) is 42.5 Å². The molecule has 1 aromatic heterocycles. The maximum absolute atomic E-state index is 14.3. The molecule has 0 bridgehead atoms. The SMILES string of the molecule is CCC(C)(C)NC(=O)[C@H](c1cccc(OC)c1OC)N(C(=O)Cn1nnc2ccccc21)c1cccc(OC)c1. The minimum Gasteiger partial charge on any atom is -0.497 e. The van der Waals surface area contributed by atoms with E-state index in [-0.39, 0.29) is 18.4 Å². The summed E-state index contributed by atoms with van der Waals surface area (Å²) in [7, 11) is 4.58. The molecule has 2 amide bonds. The zero-order valence-corrected chi connectivity index (χ0v) is 23.7. The maximum atomic E-state index is 14.3. The fourth-order valence-electron chi connectivity index (χ4n) is 4.45. The molecule has 210 valence electrons. The van der Waals surface area contributed by atoms with Crippen molar-refractivity contribution in [1.29, 1.82) is 0 Å². The number of carbonyl (C=O) groups is 2. The first-order valence-electron chi connectivity index (χ1n) is 13.0. The molecule has 10 heteroatoms. The minimum absolute atomic E-state index is 0.162. The first-order chi connectivity index (χ1) is 19.2. The van der Waals surface area contributed by atoms with Crippen molar-refractivity contribution in [2.45, 2.75) is 45.3 Å². The van der Waals surface area contributed by atoms with Crippen molar-refractivity contribution in [2.24, 2.45) is 0 Å². The van der Waals surface area contributed by atoms with Crippen molar-refractivity contribution in [2.75, 3.05) is 26.2 Å². The third kappa shape index (κ3) is 5.85. The van der Waals surface area contributed by atoms with E-state index < -0.39 is 11.6 Å². The van der Waals surface area contributed by atoms with Gasteiger partial charge in [0.15, 0.2) is 11.5 Å². The average Bonchev–Trinajstić information content (AvgIpc) is 3.37. The first kappa shape index (κ1) is 28.4. The topological polar surface area (TPSA) is 108 Å². The molecule has 0 aliphatic rings. The highest BCUT2D eigenvalue weighted by molar-refractivity contribution is 6.02. The van der Waals surface area contributed by atoms with Gasteiger partial charge in [-0.05, 0) is 50.6 Å². The first-order valence-corrected chi connectivity index (χ1v) is 13.0. The number of carbonyl (C=O) groups excluding carboxylic acids is 2. The van der Waals surface area contributed by atoms with E-state index in [1.807, 2.05) is 45.0 Å². The summed E-state index contributed by atoms with van der Waals surface area (Å²) < 4.78 is 18.3. The normalized spacial score (nSPS) is 12.1. The highest BCUT2D eigenvalue weighted by atomic mass is 16.5. The Balaban J connectivity index is 1.92. The zero-order valence-electron chi connectivity index (χ0n) is 23.7. The molecule has 40 heavy (non-hydrogen) atoms. The van der Waals surface area contributed by atoms with Crippen molar-refractivity contribution in [1.82, 2.24) is 20.3 Å². The van der Waals surface area contributed by atoms with Crippen LogP contribution >= 0.6 is 0 Å². The Morgan fingerprint density at radius 3 is 2.42 bits per heavy atom. The van der Waals surface area contributed by atoms with Crippen LogP contribution in [0.3, 0.4) is 0 Å². The molecular formula is C30H35N5O5. The van der Waals surface area contributed by atoms with Crippen LogP contribution < -0.4 is 24.4 Å². The van der Waals surface area contributed by atoms with Crippen LogP contribution in [0.15, 0.2) is 66.7 Å². The third-order valence-corrected chi connectivity index (χ3v) is 6.89. The molecule has 4 aromatic rings. The number of hydrogen-bond donors (Lipinski definition) is 1. The van der Waals surface area contributed by atoms with E-state index in [1.54, 1.807) is 49.6 Å². The van der Waals surface area contributed by atoms with Crippen LogP contribution in [0, 0.1) is 0 Å². The van der Waals surface area contributed by atoms with Gasteiger partial charge in [0.05, 0.1) is 26.8 Å². The van der Waals surface area contributed by atoms with Crippen molar-refractivity contribution >= 4 is 28.5 Å². The van der Waals surface area contributed by atoms with E-state index in [1.165, 1.54) is 23.8 Å². The van der Waals surface area contributed by atoms with Gasteiger partial charge in [-0.3, -0.25) is 14.5 Å². The van der Waals surface area contributed by atoms with E-state index in [2.05, 4.69) is 15.6 Å². The Kier molecular flexibility index (Phi) is 8.57. The predicted molar refractivity (Wildman–Crippen MR) is 153 cm³/mol. The lowest BCUT2D eigenvalue weighted by atomic mass is 9.97. The van der Waals surface area contributed by atoms with Gasteiger partial charge >= 0.3 is 0 Å². The molecule has 0 saturated carbocycles. The molecule has 0 aliphatic carbocycles. The molecule has 4 rings (SSSR count). The summed E-state index contributed by atoms with van der Waals surface area (Å²) in [4.78, 5) is 30.0. The molecular weight excluding hydrogens is 510 g/mol. The van der Waals surface area contributed by atoms with Crippen LogP contribution in [-0.4, -0.2) is 53.7 Å². The second-order valence-electron chi connectivity index (χ2n) is 9.91. The van der Waals surface area contributed by atoms with E-state index in [4.69, 9.17) is 14.2 Å². The number of methoxy groups -OCH3 is 3. The number of rotatable bonds is 11. The number of benzene rings is 3. The number of nitrogens with zero attached hydrogens (tertiary/aromatic N) is 4. The minimum atomic E-state index is -1.12. The van der Waals surface area contributed by atoms with E-state index in [0.717, 1.165) is 0 Å². The fourth-order valence-corrected chi connectivity index (χ4v) is 4.45. The second-order valence-corrected chi connectivity index (χ2v) is 9.91. The molecule has 0 saturated heterocycles. The maximum Gasteiger partial charge on any atom is 0.249 e. The molecule has 0 unspecified atom stereocenters. The summed E-state index contributed by atoms with van der Waals surface area (Å²) >= 11 is 0. The lowest BCUT2D eigenvalue weighted by Crippen LogP contribution is -2.51. The van der Waals surface area contributed by atoms with Crippen LogP contribution in [-0.2, 0) is 16.1 Å². The highest BCUT2D eigenvalue weighted by Gasteiger charge is 2.38. The van der Waals surface area contributed by atoms with Gasteiger partial charge in [-0.25, -0.2) is 4.68 Å². The second kappa shape index (κ2) is 12.1. The van der Waals surface area contributed by atoms with Crippen LogP contribution in [0.1, 0.15) is 38.8 Å². The molecule has 0 fully saturated rings. The van der Waals surface area contributed by atoms with Crippen molar-refractivity contribution in [3.63, 3.8) is 0 Å². The van der Waals surface area contributed by atoms with Gasteiger partial charge in [0, 0.05) is 22.9 Å². The van der Waals surface area contributed by atoms with Gasteiger partial charge in [0.1, 0.15) is 23.9 Å². The van der Waals surface area contributed by atoms with E-state index in [0.29, 0.717) is 46.0 Å². The molecule has 0 spiro atoms. The van der Waals surface area contributed by atoms with Crippen LogP contribution in [0.4, 0.5) is 5.69 Å². The molecule has 0 aliphatic heterocycles. The average molecular weight is 546 g/mol. The smallest absolute Gasteiger partial charge is 0.249 e. The number of fused-ring (bicyclic) bond motifs is 1. The fraction of sp³-hybridized carbons (Fsp3) is 0.333. The summed E-state index contributed by atoms with van der Waals surface area (Å²) in [6, 6.07) is 18.6. The Labute approximate surface area is 233 Å². The number of ether oxygens (including phenoxy) is 3. The van der Waals surface area contributed by atoms with E-state index in [9.17, 15) is 9.59 Å². The predicted octanol–water partition coefficient (Wildman–Crippen LogP) is 4.54. The monoisotopic (exact) mass is 545 g/mol. The third-order valence-electron chi connectivity index (χ3n) is 6.89. The Bertz CT molecular complexity index is 1500. The van der Waals surface area contributed by atoms with Crippen molar-refractivity contribution < 1.29 is 23.8 Å². The van der Waals surface area contributed by atoms with Crippen LogP contribution in [0.25, 0.3) is 11.0 Å². The van der Waals surface area contributed by atoms with Crippen molar-refractivity contribution in [3.8, 4) is 17.2 Å². The summed E-state index contributed by atoms with van der Waals surface area (Å²) in [6.45, 7) is 5.70. The van der Waals surface area contributed by atoms with E-state index >= 15 is 0 Å². The summed E-state index contributed by atoms with van der Waals surface area (Å²) in [5, 5.41) is 11.5. The lowest BCUT2D eigenvalue weighted by Gasteiger charge is -2.35. The van der Waals surface area contributed by atoms with Gasteiger partial charge in [-0.2, -0.15) is 0 Å². The molecule has 1 N–H and O–H groups in total. The summed E-state index contributed by atoms with van der Waals surface area (Å²) in [6.07, 6.45) is 0.679. The quantitative estimate of drug-likeness (QED) is 0.295. The molecule has 10 nitrogen and oxygen atoms in total. The van der Waals surface area contributed by atoms with Crippen LogP contribution in [0.5, 0.6) is 17.2 Å².